The van der Waals surface area contributed by atoms with Gasteiger partial charge in [0.1, 0.15) is 18.1 Å². The van der Waals surface area contributed by atoms with Crippen molar-refractivity contribution >= 4 is 49.4 Å². The van der Waals surface area contributed by atoms with Crippen molar-refractivity contribution in [2.24, 2.45) is 11.3 Å². The number of methoxy groups -OCH3 is 2. The highest BCUT2D eigenvalue weighted by molar-refractivity contribution is 7.86. The minimum absolute atomic E-state index is 0.00280. The minimum Gasteiger partial charge on any atom is -0.461 e. The van der Waals surface area contributed by atoms with Gasteiger partial charge in [0.25, 0.3) is 32.1 Å². The van der Waals surface area contributed by atoms with Gasteiger partial charge in [0.05, 0.1) is 29.3 Å². The van der Waals surface area contributed by atoms with Gasteiger partial charge in [0.15, 0.2) is 5.71 Å². The van der Waals surface area contributed by atoms with Crippen molar-refractivity contribution in [1.29, 1.82) is 0 Å². The minimum atomic E-state index is -4.61. The molecular weight excluding hydrogens is 843 g/mol. The zero-order valence-corrected chi connectivity index (χ0v) is 38.1. The number of hydrogen-bond acceptors (Lipinski definition) is 12. The Morgan fingerprint density at radius 3 is 2.29 bits per heavy atom. The molecule has 2 amide bonds. The van der Waals surface area contributed by atoms with Crippen molar-refractivity contribution in [3.05, 3.63) is 83.0 Å². The number of nitrogens with zero attached hydrogens (tertiary/aromatic N) is 3. The second kappa shape index (κ2) is 20.4. The predicted molar refractivity (Wildman–Crippen MR) is 230 cm³/mol. The first-order chi connectivity index (χ1) is 29.2. The molecule has 2 unspecified atom stereocenters. The Labute approximate surface area is 365 Å². The number of rotatable bonds is 21. The summed E-state index contributed by atoms with van der Waals surface area (Å²) in [6.07, 6.45) is 14.4. The summed E-state index contributed by atoms with van der Waals surface area (Å²) in [6, 6.07) is 4.31. The summed E-state index contributed by atoms with van der Waals surface area (Å²) in [5.74, 6) is -0.872. The molecule has 1 saturated heterocycles. The van der Waals surface area contributed by atoms with Crippen LogP contribution in [0.5, 0.6) is 0 Å². The molecule has 0 aromatic heterocycles. The van der Waals surface area contributed by atoms with Crippen LogP contribution in [0.15, 0.2) is 82.3 Å². The van der Waals surface area contributed by atoms with E-state index >= 15 is 0 Å². The van der Waals surface area contributed by atoms with Gasteiger partial charge in [0, 0.05) is 88.4 Å². The third-order valence-corrected chi connectivity index (χ3v) is 13.2. The largest absolute Gasteiger partial charge is 0.461 e. The molecule has 1 aromatic rings. The number of carbonyl (C=O) groups excluding carboxylic acids is 3. The Balaban J connectivity index is 1.48. The van der Waals surface area contributed by atoms with Crippen LogP contribution in [0.2, 0.25) is 0 Å². The molecule has 3 aliphatic heterocycles. The Kier molecular flexibility index (Phi) is 16.0. The van der Waals surface area contributed by atoms with E-state index in [2.05, 4.69) is 43.9 Å². The number of benzene rings is 1. The lowest BCUT2D eigenvalue weighted by molar-refractivity contribution is -0.438. The second-order valence-corrected chi connectivity index (χ2v) is 20.1. The molecule has 5 rings (SSSR count). The smallest absolute Gasteiger partial charge is 0.333 e. The van der Waals surface area contributed by atoms with Gasteiger partial charge in [0.2, 0.25) is 5.69 Å². The summed E-state index contributed by atoms with van der Waals surface area (Å²) in [6.45, 7) is 11.2. The van der Waals surface area contributed by atoms with Gasteiger partial charge in [-0.1, -0.05) is 38.5 Å². The Morgan fingerprint density at radius 2 is 1.68 bits per heavy atom. The number of amides is 2. The van der Waals surface area contributed by atoms with E-state index in [0.717, 1.165) is 17.9 Å². The van der Waals surface area contributed by atoms with Gasteiger partial charge in [-0.25, -0.2) is 4.79 Å². The molecule has 0 bridgehead atoms. The highest BCUT2D eigenvalue weighted by Crippen LogP contribution is 2.46. The average molecular weight is 903 g/mol. The summed E-state index contributed by atoms with van der Waals surface area (Å²) in [4.78, 5) is 43.1. The average Bonchev–Trinajstić information content (AvgIpc) is 3.63. The van der Waals surface area contributed by atoms with Gasteiger partial charge in [-0.05, 0) is 68.7 Å². The van der Waals surface area contributed by atoms with Gasteiger partial charge < -0.3 is 23.9 Å². The number of allylic oxidation sites excluding steroid dienone is 7. The molecular formula is C44H60N3O13S2+. The molecule has 1 aromatic carbocycles. The van der Waals surface area contributed by atoms with Crippen LogP contribution < -0.4 is 0 Å². The molecule has 340 valence electrons. The van der Waals surface area contributed by atoms with Crippen LogP contribution in [-0.2, 0) is 59.1 Å². The van der Waals surface area contributed by atoms with Crippen LogP contribution in [0.3, 0.4) is 0 Å². The van der Waals surface area contributed by atoms with E-state index < -0.39 is 49.2 Å². The molecule has 0 saturated carbocycles. The number of imide groups is 1. The van der Waals surface area contributed by atoms with Gasteiger partial charge in [-0.3, -0.25) is 18.7 Å². The van der Waals surface area contributed by atoms with Gasteiger partial charge in [-0.2, -0.15) is 21.4 Å². The summed E-state index contributed by atoms with van der Waals surface area (Å²) in [7, 11) is -5.58. The number of carbonyl (C=O) groups is 3. The first kappa shape index (κ1) is 48.6. The summed E-state index contributed by atoms with van der Waals surface area (Å²) in [5, 5.41) is 0.523. The van der Waals surface area contributed by atoms with E-state index in [1.807, 2.05) is 29.7 Å². The fraction of sp³-hybridized carbons (Fsp3) is 0.545. The Bertz CT molecular complexity index is 2280. The maximum absolute atomic E-state index is 12.5. The van der Waals surface area contributed by atoms with Crippen LogP contribution >= 0.6 is 0 Å². The van der Waals surface area contributed by atoms with Crippen LogP contribution in [0.1, 0.15) is 91.0 Å². The molecule has 1 fully saturated rings. The Hall–Kier alpha value is -4.46. The van der Waals surface area contributed by atoms with Gasteiger partial charge >= 0.3 is 5.97 Å². The van der Waals surface area contributed by atoms with Crippen molar-refractivity contribution in [2.45, 2.75) is 95.8 Å². The third-order valence-electron chi connectivity index (χ3n) is 11.5. The summed E-state index contributed by atoms with van der Waals surface area (Å²) < 4.78 is 87.5. The first-order valence-electron chi connectivity index (χ1n) is 20.9. The van der Waals surface area contributed by atoms with Crippen molar-refractivity contribution in [2.75, 3.05) is 52.8 Å². The molecule has 0 radical (unpaired) electrons. The highest BCUT2D eigenvalue weighted by Gasteiger charge is 2.48. The zero-order valence-electron chi connectivity index (χ0n) is 36.4. The summed E-state index contributed by atoms with van der Waals surface area (Å²) in [5.41, 5.74) is 2.94. The van der Waals surface area contributed by atoms with E-state index in [0.29, 0.717) is 79.9 Å². The topological polar surface area (TPSA) is 206 Å². The lowest BCUT2D eigenvalue weighted by Gasteiger charge is -2.38. The normalized spacial score (nSPS) is 21.2. The lowest BCUT2D eigenvalue weighted by atomic mass is 9.74. The van der Waals surface area contributed by atoms with E-state index in [1.54, 1.807) is 20.3 Å². The molecule has 1 aliphatic carbocycles. The van der Waals surface area contributed by atoms with Crippen molar-refractivity contribution in [1.82, 2.24) is 9.96 Å². The fourth-order valence-electron chi connectivity index (χ4n) is 8.33. The van der Waals surface area contributed by atoms with Crippen molar-refractivity contribution in [3.8, 4) is 0 Å². The number of fused-ring (bicyclic) bond motifs is 2. The van der Waals surface area contributed by atoms with Gasteiger partial charge in [-0.15, -0.1) is 5.06 Å². The first-order valence-corrected chi connectivity index (χ1v) is 23.9. The lowest BCUT2D eigenvalue weighted by Crippen LogP contribution is -2.32. The second-order valence-electron chi connectivity index (χ2n) is 17.1. The van der Waals surface area contributed by atoms with Crippen molar-refractivity contribution in [3.63, 3.8) is 0 Å². The van der Waals surface area contributed by atoms with E-state index in [-0.39, 0.29) is 48.3 Å². The Morgan fingerprint density at radius 1 is 1.00 bits per heavy atom. The van der Waals surface area contributed by atoms with Crippen LogP contribution in [0.4, 0.5) is 5.69 Å². The monoisotopic (exact) mass is 902 g/mol. The van der Waals surface area contributed by atoms with Crippen molar-refractivity contribution < 1.29 is 63.9 Å². The van der Waals surface area contributed by atoms with E-state index in [9.17, 15) is 40.3 Å². The third kappa shape index (κ3) is 12.2. The molecule has 2 N–H and O–H groups in total. The number of ether oxygens (including phenoxy) is 3. The number of unbranched alkanes of at least 4 members (excludes halogenated alkanes) is 2. The predicted octanol–water partition coefficient (Wildman–Crippen LogP) is 5.95. The van der Waals surface area contributed by atoms with Crippen LogP contribution in [-0.4, -0.2) is 117 Å². The maximum Gasteiger partial charge on any atom is 0.333 e. The molecule has 3 heterocycles. The molecule has 18 heteroatoms. The molecule has 4 aliphatic rings. The van der Waals surface area contributed by atoms with Crippen LogP contribution in [0, 0.1) is 11.3 Å². The van der Waals surface area contributed by atoms with Crippen LogP contribution in [0.25, 0.3) is 0 Å². The standard InChI is InChI=1S/C44H59N3O13S2/c1-43(2,3)35-29-32(59-38-28-31(15-17-34(35)38)45(23-25-57-5)24-26-58-6)12-10-13-39-44(4,21-11-27-61(51,52)53)36-30-33(62(54,55)56)16-18-37(36)46(39)22-9-7-8-14-42(50)60-47-40(48)19-20-41(47)49/h10,12-13,15-16,18,28-30,34H,7-9,11,14,17,19-27H2,1-6H3,(H-,51,52,53,54,55,56)/p+1/b13-10+,32-12+. The SMILES string of the molecule is COCCN(CCOC)C1=CCC2C(=C1)O/C(=C/C=C/C1=[N+](CCCCCC(=O)ON3C(=O)CCC3=O)c3ccc(S(=O)(=O)O)cc3C1(C)CCCS(=O)(=O)O)C=C2C(C)(C)C. The van der Waals surface area contributed by atoms with E-state index in [4.69, 9.17) is 19.0 Å². The zero-order chi connectivity index (χ0) is 45.5. The maximum atomic E-state index is 12.5. The highest BCUT2D eigenvalue weighted by atomic mass is 32.2. The number of hydrogen-bond donors (Lipinski definition) is 2. The molecule has 2 atom stereocenters. The molecule has 0 spiro atoms. The quantitative estimate of drug-likeness (QED) is 0.0633. The van der Waals surface area contributed by atoms with E-state index in [1.165, 1.54) is 17.7 Å². The summed E-state index contributed by atoms with van der Waals surface area (Å²) >= 11 is 0. The molecule has 16 nitrogen and oxygen atoms in total. The number of hydroxylamine groups is 2. The fourth-order valence-corrected chi connectivity index (χ4v) is 9.35. The molecule has 62 heavy (non-hydrogen) atoms.